The summed E-state index contributed by atoms with van der Waals surface area (Å²) in [4.78, 5) is 23.6. The lowest BCUT2D eigenvalue weighted by Gasteiger charge is -2.30. The van der Waals surface area contributed by atoms with E-state index in [1.54, 1.807) is 30.6 Å². The van der Waals surface area contributed by atoms with Gasteiger partial charge in [-0.15, -0.1) is 0 Å². The zero-order chi connectivity index (χ0) is 27.9. The molecule has 40 heavy (non-hydrogen) atoms. The van der Waals surface area contributed by atoms with Crippen LogP contribution >= 0.6 is 11.3 Å². The van der Waals surface area contributed by atoms with Crippen molar-refractivity contribution in [1.82, 2.24) is 9.97 Å². The van der Waals surface area contributed by atoms with E-state index in [-0.39, 0.29) is 32.4 Å². The van der Waals surface area contributed by atoms with Gasteiger partial charge in [0.1, 0.15) is 11.3 Å². The second-order valence-electron chi connectivity index (χ2n) is 9.32. The zero-order valence-electron chi connectivity index (χ0n) is 21.0. The van der Waals surface area contributed by atoms with Gasteiger partial charge in [-0.2, -0.15) is 0 Å². The molecule has 2 aromatic heterocycles. The number of aromatic nitrogens is 2. The third kappa shape index (κ3) is 4.82. The molecule has 0 aliphatic carbocycles. The van der Waals surface area contributed by atoms with Crippen molar-refractivity contribution >= 4 is 48.3 Å². The number of hydrogen-bond acceptors (Lipinski definition) is 6. The maximum Gasteiger partial charge on any atom is 0.264 e. The largest absolute Gasteiger partial charge is 0.279 e. The number of halogens is 2. The fourth-order valence-electron chi connectivity index (χ4n) is 4.76. The highest BCUT2D eigenvalue weighted by molar-refractivity contribution is 7.92. The molecule has 0 saturated heterocycles. The van der Waals surface area contributed by atoms with Crippen LogP contribution in [-0.2, 0) is 23.0 Å². The Morgan fingerprint density at radius 2 is 1.82 bits per heavy atom. The van der Waals surface area contributed by atoms with Gasteiger partial charge in [0.25, 0.3) is 15.9 Å². The number of carbonyl (C=O) groups excluding carboxylic acids is 1. The van der Waals surface area contributed by atoms with Gasteiger partial charge in [-0.1, -0.05) is 35.6 Å². The molecule has 0 saturated carbocycles. The molecule has 3 aromatic carbocycles. The van der Waals surface area contributed by atoms with E-state index < -0.39 is 27.6 Å². The van der Waals surface area contributed by atoms with Gasteiger partial charge in [-0.05, 0) is 66.4 Å². The molecule has 5 aromatic rings. The number of carbonyl (C=O) groups is 1. The van der Waals surface area contributed by atoms with Crippen LogP contribution in [0, 0.1) is 11.6 Å². The van der Waals surface area contributed by atoms with Gasteiger partial charge in [0.2, 0.25) is 0 Å². The molecule has 0 atom stereocenters. The van der Waals surface area contributed by atoms with Crippen LogP contribution in [0.1, 0.15) is 27.9 Å². The quantitative estimate of drug-likeness (QED) is 0.249. The normalized spacial score (nSPS) is 13.3. The lowest BCUT2D eigenvalue weighted by atomic mass is 10.0. The van der Waals surface area contributed by atoms with Gasteiger partial charge in [-0.25, -0.2) is 22.2 Å². The predicted octanol–water partition coefficient (Wildman–Crippen LogP) is 5.96. The van der Waals surface area contributed by atoms with Crippen molar-refractivity contribution < 1.29 is 22.0 Å². The van der Waals surface area contributed by atoms with E-state index in [0.29, 0.717) is 24.2 Å². The molecule has 0 N–H and O–H groups in total. The number of aryl methyl sites for hydroxylation is 1. The summed E-state index contributed by atoms with van der Waals surface area (Å²) in [5, 5.41) is 0.176. The van der Waals surface area contributed by atoms with Gasteiger partial charge < -0.3 is 0 Å². The molecule has 1 amide bonds. The van der Waals surface area contributed by atoms with E-state index in [4.69, 9.17) is 0 Å². The molecule has 7 nitrogen and oxygen atoms in total. The first kappa shape index (κ1) is 26.0. The summed E-state index contributed by atoms with van der Waals surface area (Å²) in [5.41, 5.74) is 2.52. The number of rotatable bonds is 6. The Morgan fingerprint density at radius 1 is 1.02 bits per heavy atom. The Kier molecular flexibility index (Phi) is 6.77. The molecule has 6 rings (SSSR count). The number of para-hydroxylation sites is 1. The summed E-state index contributed by atoms with van der Waals surface area (Å²) in [6, 6.07) is 18.6. The van der Waals surface area contributed by atoms with Crippen molar-refractivity contribution in [3.63, 3.8) is 0 Å². The standard InChI is InChI=1S/C29H22F2N4O3S2/c30-22-15-24(31)27-26(16-22)39-29(33-27)34(18-19-5-3-13-32-17-19)28(36)21-9-11-23(12-10-21)40(37,38)35-14-4-7-20-6-1-2-8-25(20)35/h1-3,5-6,8-13,15-17H,4,7,14,18H2. The fourth-order valence-corrected chi connectivity index (χ4v) is 7.31. The maximum absolute atomic E-state index is 14.4. The fraction of sp³-hybridized carbons (Fsp3) is 0.138. The molecule has 0 bridgehead atoms. The summed E-state index contributed by atoms with van der Waals surface area (Å²) in [5.74, 6) is -2.03. The molecule has 1 aliphatic rings. The second kappa shape index (κ2) is 10.4. The summed E-state index contributed by atoms with van der Waals surface area (Å²) < 4.78 is 57.0. The Balaban J connectivity index is 1.34. The molecule has 202 valence electrons. The lowest BCUT2D eigenvalue weighted by molar-refractivity contribution is 0.0985. The minimum Gasteiger partial charge on any atom is -0.279 e. The average molecular weight is 577 g/mol. The molecule has 11 heteroatoms. The summed E-state index contributed by atoms with van der Waals surface area (Å²) in [6.07, 6.45) is 4.72. The first-order valence-electron chi connectivity index (χ1n) is 12.5. The molecule has 0 unspecified atom stereocenters. The Hall–Kier alpha value is -4.22. The Labute approximate surface area is 233 Å². The molecule has 3 heterocycles. The number of benzene rings is 3. The number of thiazole rings is 1. The SMILES string of the molecule is O=C(c1ccc(S(=O)(=O)N2CCCc3ccccc32)cc1)N(Cc1cccnc1)c1nc2c(F)cc(F)cc2s1. The molecule has 0 radical (unpaired) electrons. The predicted molar refractivity (Wildman–Crippen MR) is 150 cm³/mol. The van der Waals surface area contributed by atoms with Crippen LogP contribution in [0.2, 0.25) is 0 Å². The highest BCUT2D eigenvalue weighted by Crippen LogP contribution is 2.34. The van der Waals surface area contributed by atoms with Crippen molar-refractivity contribution in [2.24, 2.45) is 0 Å². The first-order valence-corrected chi connectivity index (χ1v) is 14.7. The van der Waals surface area contributed by atoms with Crippen molar-refractivity contribution in [1.29, 1.82) is 0 Å². The average Bonchev–Trinajstić information content (AvgIpc) is 3.40. The molecule has 0 fully saturated rings. The van der Waals surface area contributed by atoms with Crippen molar-refractivity contribution in [3.8, 4) is 0 Å². The first-order chi connectivity index (χ1) is 19.3. The molecular weight excluding hydrogens is 554 g/mol. The minimum atomic E-state index is -3.85. The van der Waals surface area contributed by atoms with Crippen LogP contribution in [-0.4, -0.2) is 30.8 Å². The third-order valence-electron chi connectivity index (χ3n) is 6.70. The van der Waals surface area contributed by atoms with Crippen LogP contribution in [0.15, 0.2) is 90.1 Å². The summed E-state index contributed by atoms with van der Waals surface area (Å²) in [6.45, 7) is 0.439. The number of sulfonamides is 1. The van der Waals surface area contributed by atoms with Gasteiger partial charge in [0.05, 0.1) is 21.8 Å². The van der Waals surface area contributed by atoms with Gasteiger partial charge in [-0.3, -0.25) is 19.0 Å². The topological polar surface area (TPSA) is 83.5 Å². The Bertz CT molecular complexity index is 1830. The second-order valence-corrected chi connectivity index (χ2v) is 12.2. The van der Waals surface area contributed by atoms with Crippen LogP contribution in [0.3, 0.4) is 0 Å². The number of amides is 1. The highest BCUT2D eigenvalue weighted by atomic mass is 32.2. The van der Waals surface area contributed by atoms with E-state index in [2.05, 4.69) is 9.97 Å². The van der Waals surface area contributed by atoms with E-state index in [9.17, 15) is 22.0 Å². The van der Waals surface area contributed by atoms with Crippen LogP contribution in [0.5, 0.6) is 0 Å². The van der Waals surface area contributed by atoms with Gasteiger partial charge >= 0.3 is 0 Å². The maximum atomic E-state index is 14.4. The van der Waals surface area contributed by atoms with E-state index in [0.717, 1.165) is 29.4 Å². The lowest BCUT2D eigenvalue weighted by Crippen LogP contribution is -2.35. The highest BCUT2D eigenvalue weighted by Gasteiger charge is 2.30. The number of fused-ring (bicyclic) bond motifs is 2. The third-order valence-corrected chi connectivity index (χ3v) is 9.55. The number of nitrogens with zero attached hydrogens (tertiary/aromatic N) is 4. The zero-order valence-corrected chi connectivity index (χ0v) is 22.6. The van der Waals surface area contributed by atoms with Crippen LogP contribution < -0.4 is 9.21 Å². The minimum absolute atomic E-state index is 0.0337. The Morgan fingerprint density at radius 3 is 2.60 bits per heavy atom. The van der Waals surface area contributed by atoms with E-state index >= 15 is 0 Å². The van der Waals surface area contributed by atoms with Crippen molar-refractivity contribution in [2.75, 3.05) is 15.7 Å². The van der Waals surface area contributed by atoms with Crippen LogP contribution in [0.4, 0.5) is 19.6 Å². The van der Waals surface area contributed by atoms with Crippen LogP contribution in [0.25, 0.3) is 10.2 Å². The summed E-state index contributed by atoms with van der Waals surface area (Å²) in [7, 11) is -3.85. The molecule has 1 aliphatic heterocycles. The monoisotopic (exact) mass is 576 g/mol. The number of hydrogen-bond donors (Lipinski definition) is 0. The van der Waals surface area contributed by atoms with Crippen molar-refractivity contribution in [3.05, 3.63) is 114 Å². The molecule has 0 spiro atoms. The van der Waals surface area contributed by atoms with Gasteiger partial charge in [0.15, 0.2) is 10.9 Å². The number of anilines is 2. The van der Waals surface area contributed by atoms with Gasteiger partial charge in [0, 0.05) is 30.6 Å². The number of pyridine rings is 1. The van der Waals surface area contributed by atoms with Crippen molar-refractivity contribution in [2.45, 2.75) is 24.3 Å². The molecular formula is C29H22F2N4O3S2. The van der Waals surface area contributed by atoms with E-state index in [1.165, 1.54) is 39.5 Å². The van der Waals surface area contributed by atoms with E-state index in [1.807, 2.05) is 18.2 Å². The smallest absolute Gasteiger partial charge is 0.264 e. The summed E-state index contributed by atoms with van der Waals surface area (Å²) >= 11 is 0.987.